The second-order valence-corrected chi connectivity index (χ2v) is 6.31. The zero-order valence-corrected chi connectivity index (χ0v) is 15.0. The molecule has 3 rings (SSSR count). The third-order valence-electron chi connectivity index (χ3n) is 3.67. The topological polar surface area (TPSA) is 51.5 Å². The Morgan fingerprint density at radius 1 is 1.12 bits per heavy atom. The summed E-state index contributed by atoms with van der Waals surface area (Å²) >= 11 is 6.05. The number of amides is 1. The van der Waals surface area contributed by atoms with E-state index in [0.717, 1.165) is 22.2 Å². The Morgan fingerprint density at radius 2 is 1.84 bits per heavy atom. The van der Waals surface area contributed by atoms with Crippen molar-refractivity contribution in [2.24, 2.45) is 0 Å². The fourth-order valence-electron chi connectivity index (χ4n) is 2.73. The molecule has 0 bridgehead atoms. The van der Waals surface area contributed by atoms with E-state index < -0.39 is 0 Å². The predicted molar refractivity (Wildman–Crippen MR) is 101 cm³/mol. The molecule has 0 atom stereocenters. The van der Waals surface area contributed by atoms with Gasteiger partial charge in [-0.05, 0) is 55.3 Å². The number of ether oxygens (including phenoxy) is 1. The van der Waals surface area contributed by atoms with E-state index in [0.29, 0.717) is 22.1 Å². The van der Waals surface area contributed by atoms with Crippen LogP contribution in [0.2, 0.25) is 5.02 Å². The summed E-state index contributed by atoms with van der Waals surface area (Å²) in [5.74, 6) is 0.878. The first-order valence-electron chi connectivity index (χ1n) is 7.79. The second kappa shape index (κ2) is 7.03. The Morgan fingerprint density at radius 3 is 2.52 bits per heavy atom. The lowest BCUT2D eigenvalue weighted by molar-refractivity contribution is -0.111. The molecule has 1 aromatic heterocycles. The van der Waals surface area contributed by atoms with Gasteiger partial charge in [0.2, 0.25) is 5.91 Å². The van der Waals surface area contributed by atoms with Gasteiger partial charge < -0.3 is 14.5 Å². The number of hydrogen-bond acceptors (Lipinski definition) is 3. The Hall–Kier alpha value is -2.72. The van der Waals surface area contributed by atoms with E-state index in [1.165, 1.54) is 6.08 Å². The van der Waals surface area contributed by atoms with Crippen LogP contribution in [0.25, 0.3) is 17.0 Å². The highest BCUT2D eigenvalue weighted by Crippen LogP contribution is 2.32. The van der Waals surface area contributed by atoms with Gasteiger partial charge in [-0.3, -0.25) is 4.79 Å². The number of anilines is 1. The van der Waals surface area contributed by atoms with Gasteiger partial charge in [-0.2, -0.15) is 0 Å². The third-order valence-corrected chi connectivity index (χ3v) is 3.89. The zero-order valence-electron chi connectivity index (χ0n) is 14.2. The van der Waals surface area contributed by atoms with Crippen molar-refractivity contribution in [1.29, 1.82) is 0 Å². The van der Waals surface area contributed by atoms with Gasteiger partial charge >= 0.3 is 0 Å². The SMILES string of the molecule is COc1cc(Cl)cc2cc(C=CC(=O)Nc3cc(C)cc(C)c3)oc12. The highest BCUT2D eigenvalue weighted by atomic mass is 35.5. The van der Waals surface area contributed by atoms with E-state index in [1.54, 1.807) is 25.3 Å². The summed E-state index contributed by atoms with van der Waals surface area (Å²) in [4.78, 5) is 12.1. The van der Waals surface area contributed by atoms with Crippen LogP contribution < -0.4 is 10.1 Å². The molecule has 3 aromatic rings. The van der Waals surface area contributed by atoms with E-state index in [-0.39, 0.29) is 5.91 Å². The molecule has 4 nitrogen and oxygen atoms in total. The number of aryl methyl sites for hydroxylation is 2. The first kappa shape index (κ1) is 17.1. The van der Waals surface area contributed by atoms with E-state index >= 15 is 0 Å². The van der Waals surface area contributed by atoms with Crippen LogP contribution in [0.4, 0.5) is 5.69 Å². The number of methoxy groups -OCH3 is 1. The van der Waals surface area contributed by atoms with E-state index in [4.69, 9.17) is 20.8 Å². The third kappa shape index (κ3) is 4.03. The summed E-state index contributed by atoms with van der Waals surface area (Å²) in [7, 11) is 1.56. The van der Waals surface area contributed by atoms with E-state index in [2.05, 4.69) is 11.4 Å². The fourth-order valence-corrected chi connectivity index (χ4v) is 2.94. The lowest BCUT2D eigenvalue weighted by atomic mass is 10.1. The molecule has 0 radical (unpaired) electrons. The van der Waals surface area contributed by atoms with Gasteiger partial charge in [0.05, 0.1) is 7.11 Å². The highest BCUT2D eigenvalue weighted by molar-refractivity contribution is 6.31. The van der Waals surface area contributed by atoms with Crippen molar-refractivity contribution < 1.29 is 13.9 Å². The number of carbonyl (C=O) groups excluding carboxylic acids is 1. The molecular weight excluding hydrogens is 338 g/mol. The second-order valence-electron chi connectivity index (χ2n) is 5.87. The van der Waals surface area contributed by atoms with Gasteiger partial charge in [0.1, 0.15) is 5.76 Å². The number of nitrogens with one attached hydrogen (secondary N) is 1. The normalized spacial score (nSPS) is 11.2. The van der Waals surface area contributed by atoms with Crippen LogP contribution in [0.15, 0.2) is 46.9 Å². The number of rotatable bonds is 4. The molecule has 0 aliphatic rings. The Labute approximate surface area is 151 Å². The van der Waals surface area contributed by atoms with Crippen LogP contribution in [-0.4, -0.2) is 13.0 Å². The molecule has 0 aliphatic carbocycles. The van der Waals surface area contributed by atoms with Crippen LogP contribution in [0, 0.1) is 13.8 Å². The number of carbonyl (C=O) groups is 1. The molecule has 0 spiro atoms. The molecule has 0 aliphatic heterocycles. The van der Waals surface area contributed by atoms with E-state index in [9.17, 15) is 4.79 Å². The van der Waals surface area contributed by atoms with Gasteiger partial charge in [0.15, 0.2) is 11.3 Å². The monoisotopic (exact) mass is 355 g/mol. The molecule has 5 heteroatoms. The maximum atomic E-state index is 12.1. The zero-order chi connectivity index (χ0) is 18.0. The van der Waals surface area contributed by atoms with Crippen LogP contribution in [-0.2, 0) is 4.79 Å². The summed E-state index contributed by atoms with van der Waals surface area (Å²) in [5, 5.41) is 4.23. The lowest BCUT2D eigenvalue weighted by Crippen LogP contribution is -2.07. The first-order valence-corrected chi connectivity index (χ1v) is 8.17. The van der Waals surface area contributed by atoms with E-state index in [1.807, 2.05) is 32.0 Å². The van der Waals surface area contributed by atoms with Gasteiger partial charge in [-0.1, -0.05) is 17.7 Å². The molecule has 25 heavy (non-hydrogen) atoms. The fraction of sp³-hybridized carbons (Fsp3) is 0.150. The van der Waals surface area contributed by atoms with Crippen molar-refractivity contribution in [1.82, 2.24) is 0 Å². The minimum Gasteiger partial charge on any atom is -0.493 e. The molecule has 0 saturated carbocycles. The van der Waals surface area contributed by atoms with Gasteiger partial charge in [-0.15, -0.1) is 0 Å². The molecule has 2 aromatic carbocycles. The molecule has 1 heterocycles. The van der Waals surface area contributed by atoms with Crippen LogP contribution >= 0.6 is 11.6 Å². The largest absolute Gasteiger partial charge is 0.493 e. The smallest absolute Gasteiger partial charge is 0.248 e. The molecule has 128 valence electrons. The van der Waals surface area contributed by atoms with Crippen molar-refractivity contribution in [3.63, 3.8) is 0 Å². The molecule has 0 unspecified atom stereocenters. The maximum Gasteiger partial charge on any atom is 0.248 e. The summed E-state index contributed by atoms with van der Waals surface area (Å²) in [5.41, 5.74) is 3.56. The number of halogens is 1. The van der Waals surface area contributed by atoms with Gasteiger partial charge in [0.25, 0.3) is 0 Å². The summed E-state index contributed by atoms with van der Waals surface area (Å²) in [6.45, 7) is 3.98. The number of furan rings is 1. The van der Waals surface area contributed by atoms with Crippen LogP contribution in [0.1, 0.15) is 16.9 Å². The number of fused-ring (bicyclic) bond motifs is 1. The van der Waals surface area contributed by atoms with Crippen molar-refractivity contribution >= 4 is 40.2 Å². The molecular formula is C20H18ClNO3. The maximum absolute atomic E-state index is 12.1. The minimum atomic E-state index is -0.226. The number of benzene rings is 2. The van der Waals surface area contributed by atoms with Crippen molar-refractivity contribution in [2.45, 2.75) is 13.8 Å². The highest BCUT2D eigenvalue weighted by Gasteiger charge is 2.09. The summed E-state index contributed by atoms with van der Waals surface area (Å²) in [6.07, 6.45) is 3.05. The van der Waals surface area contributed by atoms with Crippen LogP contribution in [0.3, 0.4) is 0 Å². The number of hydrogen-bond donors (Lipinski definition) is 1. The quantitative estimate of drug-likeness (QED) is 0.640. The van der Waals surface area contributed by atoms with Gasteiger partial charge in [0, 0.05) is 28.2 Å². The van der Waals surface area contributed by atoms with Crippen molar-refractivity contribution in [2.75, 3.05) is 12.4 Å². The summed E-state index contributed by atoms with van der Waals surface area (Å²) in [6, 6.07) is 11.2. The van der Waals surface area contributed by atoms with Crippen molar-refractivity contribution in [3.05, 3.63) is 64.4 Å². The Kier molecular flexibility index (Phi) is 4.81. The molecule has 1 N–H and O–H groups in total. The Balaban J connectivity index is 1.79. The van der Waals surface area contributed by atoms with Gasteiger partial charge in [-0.25, -0.2) is 0 Å². The van der Waals surface area contributed by atoms with Crippen LogP contribution in [0.5, 0.6) is 5.75 Å². The molecule has 0 fully saturated rings. The van der Waals surface area contributed by atoms with Crippen molar-refractivity contribution in [3.8, 4) is 5.75 Å². The average molecular weight is 356 g/mol. The lowest BCUT2D eigenvalue weighted by Gasteiger charge is -2.05. The summed E-state index contributed by atoms with van der Waals surface area (Å²) < 4.78 is 11.0. The molecule has 0 saturated heterocycles. The first-order chi connectivity index (χ1) is 11.9. The Bertz CT molecular complexity index is 952. The minimum absolute atomic E-state index is 0.226. The predicted octanol–water partition coefficient (Wildman–Crippen LogP) is 5.36. The molecule has 1 amide bonds. The average Bonchev–Trinajstić information content (AvgIpc) is 2.93. The standard InChI is InChI=1S/C20H18ClNO3/c1-12-6-13(2)8-16(7-12)22-19(23)5-4-17-10-14-9-15(21)11-18(24-3)20(14)25-17/h4-11H,1-3H3,(H,22,23).